The van der Waals surface area contributed by atoms with Crippen LogP contribution in [0.1, 0.15) is 69.9 Å². The smallest absolute Gasteiger partial charge is 0.336 e. The number of allylic oxidation sites excluding steroid dienone is 3. The first-order chi connectivity index (χ1) is 13.1. The number of benzene rings is 1. The Kier molecular flexibility index (Phi) is 6.15. The van der Waals surface area contributed by atoms with Gasteiger partial charge in [0.25, 0.3) is 0 Å². The highest BCUT2D eigenvalue weighted by atomic mass is 16.5. The van der Waals surface area contributed by atoms with Crippen molar-refractivity contribution in [1.82, 2.24) is 5.32 Å². The molecule has 0 bridgehead atoms. The third-order valence-corrected chi connectivity index (χ3v) is 5.45. The molecule has 3 rings (SSSR count). The van der Waals surface area contributed by atoms with E-state index in [0.717, 1.165) is 54.6 Å². The Labute approximate surface area is 161 Å². The Bertz CT molecular complexity index is 786. The number of ketones is 1. The fraction of sp³-hybridized carbons (Fsp3) is 0.478. The summed E-state index contributed by atoms with van der Waals surface area (Å²) in [6.45, 7) is 6.50. The van der Waals surface area contributed by atoms with Crippen molar-refractivity contribution in [3.8, 4) is 0 Å². The minimum Gasteiger partial charge on any atom is -0.462 e. The number of unbranched alkanes of at least 4 members (excludes halogenated alkanes) is 1. The van der Waals surface area contributed by atoms with Crippen LogP contribution in [-0.2, 0) is 20.7 Å². The highest BCUT2D eigenvalue weighted by Gasteiger charge is 2.38. The van der Waals surface area contributed by atoms with E-state index in [1.54, 1.807) is 0 Å². The van der Waals surface area contributed by atoms with E-state index in [-0.39, 0.29) is 17.7 Å². The number of esters is 1. The lowest BCUT2D eigenvalue weighted by molar-refractivity contribution is -0.139. The molecule has 1 aliphatic heterocycles. The number of aryl methyl sites for hydroxylation is 1. The lowest BCUT2D eigenvalue weighted by atomic mass is 9.75. The molecule has 0 saturated carbocycles. The molecule has 4 nitrogen and oxygen atoms in total. The highest BCUT2D eigenvalue weighted by Crippen LogP contribution is 2.42. The van der Waals surface area contributed by atoms with Crippen LogP contribution in [0.2, 0.25) is 0 Å². The molecule has 1 aromatic carbocycles. The van der Waals surface area contributed by atoms with E-state index in [2.05, 4.69) is 31.3 Å². The number of carbonyl (C=O) groups excluding carboxylic acids is 2. The first-order valence-corrected chi connectivity index (χ1v) is 10.1. The third kappa shape index (κ3) is 4.00. The average Bonchev–Trinajstić information content (AvgIpc) is 2.67. The molecular formula is C23H29NO3. The van der Waals surface area contributed by atoms with Crippen LogP contribution in [0.5, 0.6) is 0 Å². The summed E-state index contributed by atoms with van der Waals surface area (Å²) in [5, 5.41) is 3.33. The number of Topliss-reactive ketones (excluding diaryl/α,β-unsaturated/α-hetero) is 1. The van der Waals surface area contributed by atoms with Crippen molar-refractivity contribution in [3.63, 3.8) is 0 Å². The number of nitrogens with one attached hydrogen (secondary N) is 1. The molecule has 2 aliphatic rings. The van der Waals surface area contributed by atoms with Gasteiger partial charge in [-0.05, 0) is 43.7 Å². The number of ether oxygens (including phenoxy) is 1. The second kappa shape index (κ2) is 8.55. The molecule has 1 atom stereocenters. The zero-order valence-corrected chi connectivity index (χ0v) is 16.6. The predicted octanol–water partition coefficient (Wildman–Crippen LogP) is 4.56. The summed E-state index contributed by atoms with van der Waals surface area (Å²) < 4.78 is 5.53. The molecule has 1 aromatic rings. The van der Waals surface area contributed by atoms with Crippen LogP contribution < -0.4 is 5.32 Å². The topological polar surface area (TPSA) is 55.4 Å². The van der Waals surface area contributed by atoms with Crippen LogP contribution in [-0.4, -0.2) is 18.4 Å². The van der Waals surface area contributed by atoms with Crippen molar-refractivity contribution in [3.05, 3.63) is 57.9 Å². The first-order valence-electron chi connectivity index (χ1n) is 10.1. The molecule has 1 N–H and O–H groups in total. The van der Waals surface area contributed by atoms with Crippen molar-refractivity contribution in [1.29, 1.82) is 0 Å². The van der Waals surface area contributed by atoms with E-state index in [9.17, 15) is 9.59 Å². The second-order valence-electron chi connectivity index (χ2n) is 7.35. The maximum atomic E-state index is 12.9. The van der Waals surface area contributed by atoms with Gasteiger partial charge in [0.05, 0.1) is 12.2 Å². The van der Waals surface area contributed by atoms with Crippen LogP contribution in [0.4, 0.5) is 0 Å². The molecule has 1 aliphatic carbocycles. The van der Waals surface area contributed by atoms with Gasteiger partial charge in [0.15, 0.2) is 5.78 Å². The van der Waals surface area contributed by atoms with Gasteiger partial charge >= 0.3 is 5.97 Å². The van der Waals surface area contributed by atoms with Gasteiger partial charge in [0.2, 0.25) is 0 Å². The van der Waals surface area contributed by atoms with Crippen molar-refractivity contribution in [2.45, 2.75) is 65.2 Å². The summed E-state index contributed by atoms with van der Waals surface area (Å²) in [4.78, 5) is 25.7. The normalized spacial score (nSPS) is 19.7. The maximum Gasteiger partial charge on any atom is 0.336 e. The standard InChI is InChI=1S/C23H29NO3/c1-4-6-14-27-23(26)20-15(3)24-18-8-7-9-19(25)22(18)21(20)17-12-10-16(5-2)11-13-17/h10-13,21,24H,4-9,14H2,1-3H3/t21-/m1/s1. The van der Waals surface area contributed by atoms with Crippen molar-refractivity contribution >= 4 is 11.8 Å². The Morgan fingerprint density at radius 3 is 2.59 bits per heavy atom. The van der Waals surface area contributed by atoms with Crippen LogP contribution in [0.3, 0.4) is 0 Å². The van der Waals surface area contributed by atoms with Gasteiger partial charge < -0.3 is 10.1 Å². The maximum absolute atomic E-state index is 12.9. The Balaban J connectivity index is 2.03. The first kappa shape index (κ1) is 19.4. The van der Waals surface area contributed by atoms with E-state index < -0.39 is 0 Å². The quantitative estimate of drug-likeness (QED) is 0.591. The van der Waals surface area contributed by atoms with Crippen molar-refractivity contribution < 1.29 is 14.3 Å². The molecule has 4 heteroatoms. The molecule has 1 heterocycles. The predicted molar refractivity (Wildman–Crippen MR) is 106 cm³/mol. The minimum absolute atomic E-state index is 0.139. The number of rotatable bonds is 6. The summed E-state index contributed by atoms with van der Waals surface area (Å²) in [6, 6.07) is 8.27. The molecule has 0 saturated heterocycles. The minimum atomic E-state index is -0.339. The van der Waals surface area contributed by atoms with E-state index in [4.69, 9.17) is 4.74 Å². The number of hydrogen-bond acceptors (Lipinski definition) is 4. The number of dihydropyridines is 1. The highest BCUT2D eigenvalue weighted by molar-refractivity contribution is 6.03. The molecule has 0 unspecified atom stereocenters. The van der Waals surface area contributed by atoms with Gasteiger partial charge in [-0.2, -0.15) is 0 Å². The number of carbonyl (C=O) groups is 2. The largest absolute Gasteiger partial charge is 0.462 e. The third-order valence-electron chi connectivity index (χ3n) is 5.45. The molecule has 0 amide bonds. The van der Waals surface area contributed by atoms with Crippen molar-refractivity contribution in [2.75, 3.05) is 6.61 Å². The van der Waals surface area contributed by atoms with Gasteiger partial charge in [-0.25, -0.2) is 4.79 Å². The van der Waals surface area contributed by atoms with Crippen LogP contribution in [0, 0.1) is 0 Å². The van der Waals surface area contributed by atoms with E-state index in [1.165, 1.54) is 5.56 Å². The molecular weight excluding hydrogens is 338 g/mol. The molecule has 144 valence electrons. The van der Waals surface area contributed by atoms with E-state index in [1.807, 2.05) is 19.1 Å². The van der Waals surface area contributed by atoms with E-state index in [0.29, 0.717) is 18.6 Å². The fourth-order valence-corrected chi connectivity index (χ4v) is 3.92. The van der Waals surface area contributed by atoms with Gasteiger partial charge in [-0.15, -0.1) is 0 Å². The molecule has 0 spiro atoms. The SMILES string of the molecule is CCCCOC(=O)C1=C(C)NC2=C(C(=O)CCC2)[C@@H]1c1ccc(CC)cc1. The Morgan fingerprint density at radius 2 is 1.93 bits per heavy atom. The summed E-state index contributed by atoms with van der Waals surface area (Å²) in [7, 11) is 0. The van der Waals surface area contributed by atoms with Gasteiger partial charge in [0.1, 0.15) is 0 Å². The summed E-state index contributed by atoms with van der Waals surface area (Å²) >= 11 is 0. The number of hydrogen-bond donors (Lipinski definition) is 1. The average molecular weight is 367 g/mol. The zero-order chi connectivity index (χ0) is 19.4. The summed E-state index contributed by atoms with van der Waals surface area (Å²) in [5.74, 6) is -0.517. The lowest BCUT2D eigenvalue weighted by Crippen LogP contribution is -2.34. The van der Waals surface area contributed by atoms with Crippen LogP contribution in [0.25, 0.3) is 0 Å². The summed E-state index contributed by atoms with van der Waals surface area (Å²) in [5.41, 5.74) is 5.32. The molecule has 0 radical (unpaired) electrons. The van der Waals surface area contributed by atoms with Crippen LogP contribution >= 0.6 is 0 Å². The van der Waals surface area contributed by atoms with Crippen LogP contribution in [0.15, 0.2) is 46.8 Å². The fourth-order valence-electron chi connectivity index (χ4n) is 3.92. The van der Waals surface area contributed by atoms with Crippen molar-refractivity contribution in [2.24, 2.45) is 0 Å². The second-order valence-corrected chi connectivity index (χ2v) is 7.35. The Hall–Kier alpha value is -2.36. The Morgan fingerprint density at radius 1 is 1.19 bits per heavy atom. The molecule has 0 aromatic heterocycles. The zero-order valence-electron chi connectivity index (χ0n) is 16.6. The van der Waals surface area contributed by atoms with E-state index >= 15 is 0 Å². The lowest BCUT2D eigenvalue weighted by Gasteiger charge is -2.34. The molecule has 27 heavy (non-hydrogen) atoms. The monoisotopic (exact) mass is 367 g/mol. The van der Waals surface area contributed by atoms with Gasteiger partial charge in [-0.3, -0.25) is 4.79 Å². The van der Waals surface area contributed by atoms with Gasteiger partial charge in [0, 0.05) is 29.3 Å². The summed E-state index contributed by atoms with van der Waals surface area (Å²) in [6.07, 6.45) is 5.02. The molecule has 0 fully saturated rings. The van der Waals surface area contributed by atoms with Gasteiger partial charge in [-0.1, -0.05) is 44.5 Å².